The van der Waals surface area contributed by atoms with E-state index in [0.29, 0.717) is 38.2 Å². The van der Waals surface area contributed by atoms with Crippen LogP contribution in [0.25, 0.3) is 0 Å². The van der Waals surface area contributed by atoms with Gasteiger partial charge in [-0.2, -0.15) is 0 Å². The molecular weight excluding hydrogens is 350 g/mol. The zero-order valence-electron chi connectivity index (χ0n) is 13.9. The lowest BCUT2D eigenvalue weighted by atomic mass is 9.97. The highest BCUT2D eigenvalue weighted by Gasteiger charge is 2.24. The number of piperidine rings is 1. The molecule has 0 aromatic heterocycles. The Morgan fingerprint density at radius 1 is 1.36 bits per heavy atom. The number of nitrogens with one attached hydrogen (secondary N) is 1. The fourth-order valence-electron chi connectivity index (χ4n) is 2.73. The number of likely N-dealkylation sites (tertiary alicyclic amines) is 1. The van der Waals surface area contributed by atoms with E-state index < -0.39 is 10.9 Å². The monoisotopic (exact) mass is 371 g/mol. The van der Waals surface area contributed by atoms with Crippen LogP contribution in [0, 0.1) is 23.0 Å². The maximum Gasteiger partial charge on any atom is 0.306 e. The minimum atomic E-state index is -0.756. The van der Waals surface area contributed by atoms with Crippen LogP contribution >= 0.6 is 12.4 Å². The Labute approximate surface area is 151 Å². The van der Waals surface area contributed by atoms with Crippen LogP contribution in [0.1, 0.15) is 24.8 Å². The van der Waals surface area contributed by atoms with Gasteiger partial charge in [0.1, 0.15) is 0 Å². The van der Waals surface area contributed by atoms with Gasteiger partial charge in [-0.25, -0.2) is 0 Å². The van der Waals surface area contributed by atoms with Crippen molar-refractivity contribution in [2.24, 2.45) is 5.92 Å². The summed E-state index contributed by atoms with van der Waals surface area (Å²) in [5, 5.41) is 22.5. The van der Waals surface area contributed by atoms with Gasteiger partial charge in [0.25, 0.3) is 5.69 Å². The molecule has 0 spiro atoms. The number of anilines is 1. The van der Waals surface area contributed by atoms with Gasteiger partial charge >= 0.3 is 5.97 Å². The Bertz CT molecular complexity index is 645. The van der Waals surface area contributed by atoms with Crippen molar-refractivity contribution in [1.29, 1.82) is 0 Å². The van der Waals surface area contributed by atoms with Gasteiger partial charge in [-0.3, -0.25) is 19.7 Å². The highest BCUT2D eigenvalue weighted by Crippen LogP contribution is 2.22. The molecule has 1 heterocycles. The molecule has 1 saturated heterocycles. The molecule has 1 aromatic carbocycles. The number of amides is 1. The number of carboxylic acid groups (broad SMARTS) is 1. The Morgan fingerprint density at radius 3 is 2.56 bits per heavy atom. The quantitative estimate of drug-likeness (QED) is 0.586. The van der Waals surface area contributed by atoms with E-state index in [9.17, 15) is 19.7 Å². The second-order valence-electron chi connectivity index (χ2n) is 6.01. The third-order valence-electron chi connectivity index (χ3n) is 4.30. The Kier molecular flexibility index (Phi) is 7.79. The molecule has 0 radical (unpaired) electrons. The van der Waals surface area contributed by atoms with Crippen molar-refractivity contribution in [3.05, 3.63) is 33.9 Å². The SMILES string of the molecule is Cc1ccc([N+](=O)[O-])cc1NC(=O)CCN1CCC(C(=O)O)CC1.Cl. The standard InChI is InChI=1S/C16H21N3O5.ClH/c1-11-2-3-13(19(23)24)10-14(11)17-15(20)6-9-18-7-4-12(5-8-18)16(21)22;/h2-3,10,12H,4-9H2,1H3,(H,17,20)(H,21,22);1H. The fraction of sp³-hybridized carbons (Fsp3) is 0.500. The van der Waals surface area contributed by atoms with Crippen molar-refractivity contribution in [2.45, 2.75) is 26.2 Å². The van der Waals surface area contributed by atoms with Gasteiger partial charge in [-0.1, -0.05) is 6.07 Å². The molecule has 1 aromatic rings. The highest BCUT2D eigenvalue weighted by atomic mass is 35.5. The normalized spacial score (nSPS) is 15.2. The molecule has 138 valence electrons. The van der Waals surface area contributed by atoms with Crippen molar-refractivity contribution in [1.82, 2.24) is 4.90 Å². The van der Waals surface area contributed by atoms with E-state index >= 15 is 0 Å². The lowest BCUT2D eigenvalue weighted by molar-refractivity contribution is -0.384. The first-order chi connectivity index (χ1) is 11.4. The van der Waals surface area contributed by atoms with Crippen LogP contribution in [-0.4, -0.2) is 46.4 Å². The van der Waals surface area contributed by atoms with Gasteiger partial charge in [-0.05, 0) is 38.4 Å². The number of aryl methyl sites for hydroxylation is 1. The van der Waals surface area contributed by atoms with Gasteiger partial charge in [-0.15, -0.1) is 12.4 Å². The number of benzene rings is 1. The summed E-state index contributed by atoms with van der Waals surface area (Å²) in [5.41, 5.74) is 1.14. The average molecular weight is 372 g/mol. The molecule has 0 unspecified atom stereocenters. The first-order valence-electron chi connectivity index (χ1n) is 7.87. The van der Waals surface area contributed by atoms with E-state index in [0.717, 1.165) is 5.56 Å². The summed E-state index contributed by atoms with van der Waals surface area (Å²) in [6, 6.07) is 4.35. The van der Waals surface area contributed by atoms with Gasteiger partial charge in [0.2, 0.25) is 5.91 Å². The van der Waals surface area contributed by atoms with E-state index in [1.807, 2.05) is 0 Å². The summed E-state index contributed by atoms with van der Waals surface area (Å²) in [5.74, 6) is -1.25. The van der Waals surface area contributed by atoms with Crippen LogP contribution in [0.4, 0.5) is 11.4 Å². The van der Waals surface area contributed by atoms with Gasteiger partial charge in [0.05, 0.1) is 16.5 Å². The fourth-order valence-corrected chi connectivity index (χ4v) is 2.73. The zero-order chi connectivity index (χ0) is 17.7. The molecule has 25 heavy (non-hydrogen) atoms. The average Bonchev–Trinajstić information content (AvgIpc) is 2.55. The highest BCUT2D eigenvalue weighted by molar-refractivity contribution is 5.92. The van der Waals surface area contributed by atoms with Crippen molar-refractivity contribution in [2.75, 3.05) is 25.0 Å². The van der Waals surface area contributed by atoms with E-state index in [1.54, 1.807) is 13.0 Å². The Morgan fingerprint density at radius 2 is 2.00 bits per heavy atom. The van der Waals surface area contributed by atoms with Crippen LogP contribution in [0.3, 0.4) is 0 Å². The molecule has 0 saturated carbocycles. The van der Waals surface area contributed by atoms with Crippen LogP contribution in [0.15, 0.2) is 18.2 Å². The van der Waals surface area contributed by atoms with Crippen LogP contribution in [0.5, 0.6) is 0 Å². The number of non-ortho nitro benzene ring substituents is 1. The molecule has 9 heteroatoms. The molecule has 1 amide bonds. The third kappa shape index (κ3) is 5.99. The predicted molar refractivity (Wildman–Crippen MR) is 95.1 cm³/mol. The zero-order valence-corrected chi connectivity index (χ0v) is 14.8. The van der Waals surface area contributed by atoms with E-state index in [-0.39, 0.29) is 36.3 Å². The topological polar surface area (TPSA) is 113 Å². The first-order valence-corrected chi connectivity index (χ1v) is 7.87. The number of nitro benzene ring substituents is 1. The summed E-state index contributed by atoms with van der Waals surface area (Å²) >= 11 is 0. The second-order valence-corrected chi connectivity index (χ2v) is 6.01. The minimum Gasteiger partial charge on any atom is -0.481 e. The van der Waals surface area contributed by atoms with Crippen LogP contribution < -0.4 is 5.32 Å². The summed E-state index contributed by atoms with van der Waals surface area (Å²) in [6.45, 7) is 3.66. The van der Waals surface area contributed by atoms with Gasteiger partial charge in [0.15, 0.2) is 0 Å². The molecule has 1 aliphatic rings. The number of nitrogens with zero attached hydrogens (tertiary/aromatic N) is 2. The maximum absolute atomic E-state index is 12.1. The van der Waals surface area contributed by atoms with Gasteiger partial charge < -0.3 is 15.3 Å². The summed E-state index contributed by atoms with van der Waals surface area (Å²) < 4.78 is 0. The van der Waals surface area contributed by atoms with E-state index in [2.05, 4.69) is 10.2 Å². The number of halogens is 1. The molecule has 0 aliphatic carbocycles. The third-order valence-corrected chi connectivity index (χ3v) is 4.30. The van der Waals surface area contributed by atoms with Crippen molar-refractivity contribution < 1.29 is 19.6 Å². The number of aliphatic carboxylic acids is 1. The minimum absolute atomic E-state index is 0. The smallest absolute Gasteiger partial charge is 0.306 e. The van der Waals surface area contributed by atoms with E-state index in [4.69, 9.17) is 5.11 Å². The summed E-state index contributed by atoms with van der Waals surface area (Å²) in [6.07, 6.45) is 1.46. The summed E-state index contributed by atoms with van der Waals surface area (Å²) in [4.78, 5) is 35.3. The van der Waals surface area contributed by atoms with E-state index in [1.165, 1.54) is 12.1 Å². The Balaban J connectivity index is 0.00000312. The van der Waals surface area contributed by atoms with Gasteiger partial charge in [0, 0.05) is 25.1 Å². The molecule has 2 rings (SSSR count). The number of rotatable bonds is 6. The first kappa shape index (κ1) is 20.9. The largest absolute Gasteiger partial charge is 0.481 e. The van der Waals surface area contributed by atoms with Crippen molar-refractivity contribution in [3.8, 4) is 0 Å². The molecule has 0 atom stereocenters. The number of hydrogen-bond acceptors (Lipinski definition) is 5. The Hall–Kier alpha value is -2.19. The molecule has 8 nitrogen and oxygen atoms in total. The number of hydrogen-bond donors (Lipinski definition) is 2. The number of carbonyl (C=O) groups is 2. The molecule has 1 aliphatic heterocycles. The van der Waals surface area contributed by atoms with Crippen LogP contribution in [0.2, 0.25) is 0 Å². The maximum atomic E-state index is 12.1. The molecular formula is C16H22ClN3O5. The summed E-state index contributed by atoms with van der Waals surface area (Å²) in [7, 11) is 0. The molecule has 2 N–H and O–H groups in total. The van der Waals surface area contributed by atoms with Crippen molar-refractivity contribution in [3.63, 3.8) is 0 Å². The predicted octanol–water partition coefficient (Wildman–Crippen LogP) is 2.45. The number of nitro groups is 1. The lowest BCUT2D eigenvalue weighted by Gasteiger charge is -2.29. The lowest BCUT2D eigenvalue weighted by Crippen LogP contribution is -2.37. The van der Waals surface area contributed by atoms with Crippen molar-refractivity contribution >= 4 is 35.7 Å². The molecule has 0 bridgehead atoms. The second kappa shape index (κ2) is 9.33. The number of carboxylic acids is 1. The molecule has 1 fully saturated rings. The number of carbonyl (C=O) groups excluding carboxylic acids is 1. The van der Waals surface area contributed by atoms with Crippen LogP contribution in [-0.2, 0) is 9.59 Å².